The predicted octanol–water partition coefficient (Wildman–Crippen LogP) is 2.39. The Hall–Kier alpha value is -2.08. The topological polar surface area (TPSA) is 77.5 Å². The van der Waals surface area contributed by atoms with Crippen molar-refractivity contribution in [3.8, 4) is 11.5 Å². The molecule has 0 unspecified atom stereocenters. The van der Waals surface area contributed by atoms with Crippen molar-refractivity contribution < 1.29 is 18.6 Å². The van der Waals surface area contributed by atoms with E-state index in [1.165, 1.54) is 12.3 Å². The minimum Gasteiger partial charge on any atom is -0.461 e. The summed E-state index contributed by atoms with van der Waals surface area (Å²) in [7, 11) is 0. The molecule has 1 N–H and O–H groups in total. The van der Waals surface area contributed by atoms with E-state index in [0.717, 1.165) is 0 Å². The highest BCUT2D eigenvalue weighted by molar-refractivity contribution is 5.92. The van der Waals surface area contributed by atoms with Gasteiger partial charge in [-0.2, -0.15) is 0 Å². The van der Waals surface area contributed by atoms with Crippen molar-refractivity contribution in [1.29, 1.82) is 0 Å². The molecule has 2 rings (SSSR count). The van der Waals surface area contributed by atoms with Crippen LogP contribution in [0.3, 0.4) is 0 Å². The molecule has 0 spiro atoms. The van der Waals surface area contributed by atoms with Gasteiger partial charge in [-0.25, -0.2) is 5.48 Å². The van der Waals surface area contributed by atoms with Gasteiger partial charge in [0, 0.05) is 6.07 Å². The molecular weight excluding hydrogens is 236 g/mol. The van der Waals surface area contributed by atoms with Gasteiger partial charge < -0.3 is 8.94 Å². The summed E-state index contributed by atoms with van der Waals surface area (Å²) in [4.78, 5) is 16.8. The second kappa shape index (κ2) is 4.66. The third-order valence-electron chi connectivity index (χ3n) is 1.96. The molecule has 0 saturated heterocycles. The Morgan fingerprint density at radius 3 is 2.78 bits per heavy atom. The van der Waals surface area contributed by atoms with Crippen LogP contribution in [-0.2, 0) is 4.84 Å². The third-order valence-corrected chi connectivity index (χ3v) is 1.96. The van der Waals surface area contributed by atoms with Crippen LogP contribution in [0.25, 0.3) is 11.5 Å². The molecule has 18 heavy (non-hydrogen) atoms. The number of hydroxylamine groups is 1. The fraction of sp³-hybridized carbons (Fsp3) is 0.333. The van der Waals surface area contributed by atoms with Crippen LogP contribution in [0.5, 0.6) is 0 Å². The molecule has 0 radical (unpaired) electrons. The number of amides is 1. The second-order valence-corrected chi connectivity index (χ2v) is 4.70. The van der Waals surface area contributed by atoms with Crippen molar-refractivity contribution in [2.24, 2.45) is 0 Å². The second-order valence-electron chi connectivity index (χ2n) is 4.70. The van der Waals surface area contributed by atoms with Gasteiger partial charge in [-0.05, 0) is 32.9 Å². The van der Waals surface area contributed by atoms with Crippen LogP contribution in [0.4, 0.5) is 0 Å². The predicted molar refractivity (Wildman–Crippen MR) is 62.5 cm³/mol. The lowest BCUT2D eigenvalue weighted by Gasteiger charge is -2.18. The van der Waals surface area contributed by atoms with Crippen LogP contribution in [0.2, 0.25) is 0 Å². The van der Waals surface area contributed by atoms with Gasteiger partial charge >= 0.3 is 0 Å². The van der Waals surface area contributed by atoms with Gasteiger partial charge in [0.1, 0.15) is 0 Å². The molecule has 2 aromatic heterocycles. The van der Waals surface area contributed by atoms with Crippen LogP contribution in [0, 0.1) is 0 Å². The Bertz CT molecular complexity index is 523. The lowest BCUT2D eigenvalue weighted by atomic mass is 10.2. The number of rotatable bonds is 3. The Morgan fingerprint density at radius 1 is 1.39 bits per heavy atom. The maximum absolute atomic E-state index is 11.7. The Balaban J connectivity index is 2.04. The van der Waals surface area contributed by atoms with E-state index >= 15 is 0 Å². The average Bonchev–Trinajstić information content (AvgIpc) is 2.94. The first-order valence-electron chi connectivity index (χ1n) is 5.45. The van der Waals surface area contributed by atoms with Crippen LogP contribution in [0.1, 0.15) is 31.3 Å². The lowest BCUT2D eigenvalue weighted by Crippen LogP contribution is -2.33. The Kier molecular flexibility index (Phi) is 3.20. The van der Waals surface area contributed by atoms with E-state index in [2.05, 4.69) is 10.6 Å². The zero-order valence-corrected chi connectivity index (χ0v) is 10.4. The van der Waals surface area contributed by atoms with Crippen LogP contribution in [0.15, 0.2) is 33.4 Å². The van der Waals surface area contributed by atoms with Crippen molar-refractivity contribution in [2.45, 2.75) is 26.4 Å². The molecule has 0 aromatic carbocycles. The van der Waals surface area contributed by atoms with E-state index in [-0.39, 0.29) is 5.69 Å². The molecule has 6 nitrogen and oxygen atoms in total. The molecule has 2 heterocycles. The summed E-state index contributed by atoms with van der Waals surface area (Å²) in [5.74, 6) is 0.436. The third kappa shape index (κ3) is 2.98. The molecule has 0 atom stereocenters. The van der Waals surface area contributed by atoms with Crippen LogP contribution >= 0.6 is 0 Å². The zero-order valence-electron chi connectivity index (χ0n) is 10.4. The van der Waals surface area contributed by atoms with Crippen molar-refractivity contribution in [2.75, 3.05) is 0 Å². The standard InChI is InChI=1S/C12H14N2O4/c1-12(2,3)18-14-11(15)8-7-10(17-13-8)9-5-4-6-16-9/h4-7H,1-3H3,(H,14,15). The highest BCUT2D eigenvalue weighted by Crippen LogP contribution is 2.20. The SMILES string of the molecule is CC(C)(C)ONC(=O)c1cc(-c2ccco2)on1. The number of furan rings is 1. The number of carbonyl (C=O) groups is 1. The molecule has 0 aliphatic heterocycles. The monoisotopic (exact) mass is 250 g/mol. The molecule has 1 amide bonds. The average molecular weight is 250 g/mol. The zero-order chi connectivity index (χ0) is 13.2. The molecule has 0 aliphatic rings. The van der Waals surface area contributed by atoms with Gasteiger partial charge in [-0.15, -0.1) is 0 Å². The number of hydrogen-bond donors (Lipinski definition) is 1. The molecular formula is C12H14N2O4. The van der Waals surface area contributed by atoms with Crippen LogP contribution < -0.4 is 5.48 Å². The van der Waals surface area contributed by atoms with Crippen molar-refractivity contribution in [3.63, 3.8) is 0 Å². The van der Waals surface area contributed by atoms with Crippen molar-refractivity contribution in [1.82, 2.24) is 10.6 Å². The quantitative estimate of drug-likeness (QED) is 0.846. The van der Waals surface area contributed by atoms with Gasteiger partial charge in [0.15, 0.2) is 11.5 Å². The van der Waals surface area contributed by atoms with Gasteiger partial charge in [-0.3, -0.25) is 9.63 Å². The number of nitrogens with zero attached hydrogens (tertiary/aromatic N) is 1. The van der Waals surface area contributed by atoms with Crippen LogP contribution in [-0.4, -0.2) is 16.7 Å². The number of carbonyl (C=O) groups excluding carboxylic acids is 1. The first-order chi connectivity index (χ1) is 8.46. The summed E-state index contributed by atoms with van der Waals surface area (Å²) in [5.41, 5.74) is 1.97. The molecule has 0 bridgehead atoms. The summed E-state index contributed by atoms with van der Waals surface area (Å²) in [6.45, 7) is 5.47. The van der Waals surface area contributed by atoms with E-state index in [1.54, 1.807) is 12.1 Å². The summed E-state index contributed by atoms with van der Waals surface area (Å²) < 4.78 is 10.1. The van der Waals surface area contributed by atoms with E-state index in [4.69, 9.17) is 13.8 Å². The number of hydrogen-bond acceptors (Lipinski definition) is 5. The summed E-state index contributed by atoms with van der Waals surface area (Å²) >= 11 is 0. The van der Waals surface area contributed by atoms with E-state index in [9.17, 15) is 4.79 Å². The maximum Gasteiger partial charge on any atom is 0.297 e. The first kappa shape index (κ1) is 12.4. The summed E-state index contributed by atoms with van der Waals surface area (Å²) in [6, 6.07) is 4.92. The molecule has 0 saturated carbocycles. The fourth-order valence-electron chi connectivity index (χ4n) is 1.17. The normalized spacial score (nSPS) is 11.5. The first-order valence-corrected chi connectivity index (χ1v) is 5.45. The summed E-state index contributed by atoms with van der Waals surface area (Å²) in [6.07, 6.45) is 1.51. The molecule has 0 fully saturated rings. The minimum atomic E-state index is -0.469. The maximum atomic E-state index is 11.7. The largest absolute Gasteiger partial charge is 0.461 e. The Labute approximate surface area is 104 Å². The van der Waals surface area contributed by atoms with E-state index in [0.29, 0.717) is 11.5 Å². The molecule has 96 valence electrons. The lowest BCUT2D eigenvalue weighted by molar-refractivity contribution is -0.0592. The highest BCUT2D eigenvalue weighted by atomic mass is 16.7. The van der Waals surface area contributed by atoms with Crippen molar-refractivity contribution >= 4 is 5.91 Å². The van der Waals surface area contributed by atoms with Gasteiger partial charge in [0.25, 0.3) is 5.91 Å². The van der Waals surface area contributed by atoms with Gasteiger partial charge in [0.2, 0.25) is 5.76 Å². The highest BCUT2D eigenvalue weighted by Gasteiger charge is 2.18. The fourth-order valence-corrected chi connectivity index (χ4v) is 1.17. The Morgan fingerprint density at radius 2 is 2.17 bits per heavy atom. The van der Waals surface area contributed by atoms with Gasteiger partial charge in [0.05, 0.1) is 11.9 Å². The van der Waals surface area contributed by atoms with E-state index in [1.807, 2.05) is 20.8 Å². The summed E-state index contributed by atoms with van der Waals surface area (Å²) in [5, 5.41) is 3.65. The smallest absolute Gasteiger partial charge is 0.297 e. The van der Waals surface area contributed by atoms with Gasteiger partial charge in [-0.1, -0.05) is 5.16 Å². The van der Waals surface area contributed by atoms with E-state index < -0.39 is 11.5 Å². The number of nitrogens with one attached hydrogen (secondary N) is 1. The molecule has 2 aromatic rings. The number of aromatic nitrogens is 1. The minimum absolute atomic E-state index is 0.130. The molecule has 6 heteroatoms. The van der Waals surface area contributed by atoms with Crippen molar-refractivity contribution in [3.05, 3.63) is 30.2 Å². The molecule has 0 aliphatic carbocycles.